The smallest absolute Gasteiger partial charge is 0.414 e. The van der Waals surface area contributed by atoms with Crippen molar-refractivity contribution < 1.29 is 24.5 Å². The first kappa shape index (κ1) is 12.9. The van der Waals surface area contributed by atoms with E-state index in [4.69, 9.17) is 24.5 Å². The van der Waals surface area contributed by atoms with Crippen LogP contribution in [-0.4, -0.2) is 60.0 Å². The van der Waals surface area contributed by atoms with Gasteiger partial charge in [-0.05, 0) is 6.92 Å². The topological polar surface area (TPSA) is 108 Å². The van der Waals surface area contributed by atoms with Crippen LogP contribution in [0.5, 0.6) is 0 Å². The highest BCUT2D eigenvalue weighted by atomic mass is 16.5. The van der Waals surface area contributed by atoms with Gasteiger partial charge in [0.15, 0.2) is 0 Å². The minimum atomic E-state index is -1.82. The van der Waals surface area contributed by atoms with E-state index in [1.54, 1.807) is 0 Å². The van der Waals surface area contributed by atoms with Crippen LogP contribution in [0, 0.1) is 0 Å². The zero-order chi connectivity index (χ0) is 12.2. The van der Waals surface area contributed by atoms with Crippen LogP contribution < -0.4 is 10.6 Å². The van der Waals surface area contributed by atoms with Crippen LogP contribution in [0.1, 0.15) is 6.92 Å². The first-order valence-electron chi connectivity index (χ1n) is 4.97. The third-order valence-electron chi connectivity index (χ3n) is 2.41. The first-order valence-corrected chi connectivity index (χ1v) is 4.97. The molecule has 0 bridgehead atoms. The molecule has 0 aromatic carbocycles. The third kappa shape index (κ3) is 3.44. The van der Waals surface area contributed by atoms with E-state index < -0.39 is 11.9 Å². The number of hydrogen-bond donors (Lipinski definition) is 4. The highest BCUT2D eigenvalue weighted by molar-refractivity contribution is 6.27. The summed E-state index contributed by atoms with van der Waals surface area (Å²) in [6.07, 6.45) is 0. The lowest BCUT2D eigenvalue weighted by molar-refractivity contribution is -0.159. The van der Waals surface area contributed by atoms with Gasteiger partial charge in [0.1, 0.15) is 0 Å². The second-order valence-electron chi connectivity index (χ2n) is 4.06. The zero-order valence-electron chi connectivity index (χ0n) is 9.02. The summed E-state index contributed by atoms with van der Waals surface area (Å²) in [5, 5.41) is 21.7. The van der Waals surface area contributed by atoms with Gasteiger partial charge >= 0.3 is 11.9 Å². The Morgan fingerprint density at radius 3 is 2.12 bits per heavy atom. The van der Waals surface area contributed by atoms with Gasteiger partial charge in [-0.3, -0.25) is 0 Å². The lowest BCUT2D eigenvalue weighted by Gasteiger charge is -2.47. The summed E-state index contributed by atoms with van der Waals surface area (Å²) >= 11 is 0. The molecule has 1 spiro atoms. The molecule has 0 aromatic heterocycles. The van der Waals surface area contributed by atoms with E-state index in [9.17, 15) is 0 Å². The molecule has 2 rings (SSSR count). The van der Waals surface area contributed by atoms with Gasteiger partial charge in [0.05, 0.1) is 18.8 Å². The van der Waals surface area contributed by atoms with Crippen molar-refractivity contribution in [1.29, 1.82) is 0 Å². The van der Waals surface area contributed by atoms with Crippen LogP contribution in [0.2, 0.25) is 0 Å². The van der Waals surface area contributed by atoms with Crippen molar-refractivity contribution in [2.75, 3.05) is 26.3 Å². The lowest BCUT2D eigenvalue weighted by Crippen LogP contribution is -2.72. The monoisotopic (exact) mass is 232 g/mol. The van der Waals surface area contributed by atoms with E-state index in [1.165, 1.54) is 0 Å². The van der Waals surface area contributed by atoms with Crippen LogP contribution in [0.25, 0.3) is 0 Å². The molecule has 0 aliphatic carbocycles. The molecule has 0 saturated carbocycles. The van der Waals surface area contributed by atoms with E-state index in [2.05, 4.69) is 17.6 Å². The van der Waals surface area contributed by atoms with Gasteiger partial charge < -0.3 is 25.6 Å². The SMILES string of the molecule is C[C@H]1CNCC2(COC2)N1.O=C(O)C(=O)O. The summed E-state index contributed by atoms with van der Waals surface area (Å²) in [6.45, 7) is 6.11. The normalized spacial score (nSPS) is 26.2. The Morgan fingerprint density at radius 1 is 1.31 bits per heavy atom. The maximum atomic E-state index is 9.10. The molecule has 0 radical (unpaired) electrons. The average molecular weight is 232 g/mol. The number of aliphatic carboxylic acids is 2. The summed E-state index contributed by atoms with van der Waals surface area (Å²) in [7, 11) is 0. The Hall–Kier alpha value is -1.18. The van der Waals surface area contributed by atoms with Gasteiger partial charge in [0, 0.05) is 19.1 Å². The molecule has 7 heteroatoms. The lowest BCUT2D eigenvalue weighted by atomic mass is 9.94. The van der Waals surface area contributed by atoms with E-state index in [-0.39, 0.29) is 5.54 Å². The Balaban J connectivity index is 0.000000187. The van der Waals surface area contributed by atoms with Crippen molar-refractivity contribution in [3.8, 4) is 0 Å². The molecule has 4 N–H and O–H groups in total. The molecule has 2 saturated heterocycles. The van der Waals surface area contributed by atoms with Crippen molar-refractivity contribution in [1.82, 2.24) is 10.6 Å². The Morgan fingerprint density at radius 2 is 1.88 bits per heavy atom. The molecular weight excluding hydrogens is 216 g/mol. The maximum absolute atomic E-state index is 9.10. The van der Waals surface area contributed by atoms with Crippen molar-refractivity contribution >= 4 is 11.9 Å². The number of piperazine rings is 1. The number of hydrogen-bond acceptors (Lipinski definition) is 5. The molecule has 0 unspecified atom stereocenters. The minimum Gasteiger partial charge on any atom is -0.473 e. The van der Waals surface area contributed by atoms with Crippen LogP contribution in [0.3, 0.4) is 0 Å². The van der Waals surface area contributed by atoms with Crippen LogP contribution >= 0.6 is 0 Å². The van der Waals surface area contributed by atoms with Crippen molar-refractivity contribution in [3.63, 3.8) is 0 Å². The number of rotatable bonds is 0. The molecule has 1 atom stereocenters. The zero-order valence-corrected chi connectivity index (χ0v) is 9.02. The molecule has 16 heavy (non-hydrogen) atoms. The number of carboxylic acid groups (broad SMARTS) is 2. The molecular formula is C9H16N2O5. The summed E-state index contributed by atoms with van der Waals surface area (Å²) < 4.78 is 5.16. The van der Waals surface area contributed by atoms with Gasteiger partial charge in [0.2, 0.25) is 0 Å². The Bertz CT molecular complexity index is 265. The molecule has 2 fully saturated rings. The molecule has 2 aliphatic heterocycles. The van der Waals surface area contributed by atoms with E-state index in [1.807, 2.05) is 0 Å². The molecule has 0 amide bonds. The van der Waals surface area contributed by atoms with Crippen molar-refractivity contribution in [2.24, 2.45) is 0 Å². The average Bonchev–Trinajstić information content (AvgIpc) is 2.16. The predicted octanol–water partition coefficient (Wildman–Crippen LogP) is -1.51. The Labute approximate surface area is 92.8 Å². The van der Waals surface area contributed by atoms with E-state index in [0.717, 1.165) is 26.3 Å². The fourth-order valence-electron chi connectivity index (χ4n) is 1.69. The highest BCUT2D eigenvalue weighted by Crippen LogP contribution is 2.18. The summed E-state index contributed by atoms with van der Waals surface area (Å²) in [5.41, 5.74) is 0.289. The number of carboxylic acids is 2. The summed E-state index contributed by atoms with van der Waals surface area (Å²) in [4.78, 5) is 18.2. The van der Waals surface area contributed by atoms with E-state index >= 15 is 0 Å². The molecule has 2 heterocycles. The highest BCUT2D eigenvalue weighted by Gasteiger charge is 2.41. The molecule has 0 aromatic rings. The van der Waals surface area contributed by atoms with Gasteiger partial charge in [0.25, 0.3) is 0 Å². The molecule has 92 valence electrons. The Kier molecular flexibility index (Phi) is 4.22. The van der Waals surface area contributed by atoms with Gasteiger partial charge in [-0.1, -0.05) is 0 Å². The molecule has 7 nitrogen and oxygen atoms in total. The van der Waals surface area contributed by atoms with Crippen LogP contribution in [0.15, 0.2) is 0 Å². The minimum absolute atomic E-state index is 0.289. The molecule has 2 aliphatic rings. The van der Waals surface area contributed by atoms with Gasteiger partial charge in [-0.2, -0.15) is 0 Å². The van der Waals surface area contributed by atoms with Crippen molar-refractivity contribution in [3.05, 3.63) is 0 Å². The largest absolute Gasteiger partial charge is 0.473 e. The summed E-state index contributed by atoms with van der Waals surface area (Å²) in [6, 6.07) is 0.595. The third-order valence-corrected chi connectivity index (χ3v) is 2.41. The number of nitrogens with one attached hydrogen (secondary N) is 2. The van der Waals surface area contributed by atoms with Crippen LogP contribution in [-0.2, 0) is 14.3 Å². The second-order valence-corrected chi connectivity index (χ2v) is 4.06. The standard InChI is InChI=1S/C7H14N2O.C2H2O4/c1-6-2-8-3-7(9-6)4-10-5-7;3-1(4)2(5)6/h6,8-9H,2-5H2,1H3;(H,3,4)(H,5,6)/t6-;/m0./s1. The quantitative estimate of drug-likeness (QED) is 0.376. The van der Waals surface area contributed by atoms with Gasteiger partial charge in [-0.25, -0.2) is 9.59 Å². The van der Waals surface area contributed by atoms with Gasteiger partial charge in [-0.15, -0.1) is 0 Å². The fraction of sp³-hybridized carbons (Fsp3) is 0.778. The van der Waals surface area contributed by atoms with E-state index in [0.29, 0.717) is 6.04 Å². The summed E-state index contributed by atoms with van der Waals surface area (Å²) in [5.74, 6) is -3.65. The number of carbonyl (C=O) groups is 2. The fourth-order valence-corrected chi connectivity index (χ4v) is 1.69. The predicted molar refractivity (Wildman–Crippen MR) is 54.3 cm³/mol. The van der Waals surface area contributed by atoms with Crippen LogP contribution in [0.4, 0.5) is 0 Å². The van der Waals surface area contributed by atoms with Crippen molar-refractivity contribution in [2.45, 2.75) is 18.5 Å². The second kappa shape index (κ2) is 5.24. The number of ether oxygens (including phenoxy) is 1. The first-order chi connectivity index (χ1) is 7.45. The maximum Gasteiger partial charge on any atom is 0.414 e.